The molecule has 1 heterocycles. The van der Waals surface area contributed by atoms with E-state index in [0.29, 0.717) is 78.5 Å². The molecule has 0 unspecified atom stereocenters. The lowest BCUT2D eigenvalue weighted by molar-refractivity contribution is -0.121. The van der Waals surface area contributed by atoms with E-state index in [9.17, 15) is 9.59 Å². The van der Waals surface area contributed by atoms with E-state index in [0.717, 1.165) is 32.2 Å². The Morgan fingerprint density at radius 1 is 0.867 bits per heavy atom. The Bertz CT molecular complexity index is 1020. The molecule has 3 amide bonds. The molecule has 11 nitrogen and oxygen atoms in total. The van der Waals surface area contributed by atoms with Crippen LogP contribution in [-0.2, 0) is 34.0 Å². The van der Waals surface area contributed by atoms with Crippen molar-refractivity contribution >= 4 is 11.9 Å². The first-order chi connectivity index (χ1) is 21.9. The maximum atomic E-state index is 13.8. The van der Waals surface area contributed by atoms with Crippen LogP contribution in [-0.4, -0.2) is 139 Å². The highest BCUT2D eigenvalue weighted by molar-refractivity contribution is 5.86. The predicted octanol–water partition coefficient (Wildman–Crippen LogP) is 3.12. The number of benzene rings is 1. The number of nitrogens with zero attached hydrogens (tertiary/aromatic N) is 3. The molecule has 1 aromatic rings. The van der Waals surface area contributed by atoms with Gasteiger partial charge in [-0.2, -0.15) is 0 Å². The molecule has 3 fully saturated rings. The number of amides is 3. The Kier molecular flexibility index (Phi) is 14.4. The summed E-state index contributed by atoms with van der Waals surface area (Å²) in [6, 6.07) is 10.8. The summed E-state index contributed by atoms with van der Waals surface area (Å²) in [4.78, 5) is 32.9. The fourth-order valence-corrected chi connectivity index (χ4v) is 6.91. The molecule has 2 saturated carbocycles. The molecule has 1 N–H and O–H groups in total. The standard InChI is InChI=1S/C34H56N4O7/c1-36(2)34(30-10-5-4-6-11-30)14-12-33(13-15-34)28-37(32(40)38(33)26-29-8-7-9-29)27-31(39)35-16-17-42-20-21-44-24-25-45-23-22-43-19-18-41-3/h4-6,10-11,29H,7-9,12-28H2,1-3H3,(H,35,39). The number of methoxy groups -OCH3 is 1. The first kappa shape index (κ1) is 35.6. The van der Waals surface area contributed by atoms with Crippen LogP contribution in [0.5, 0.6) is 0 Å². The zero-order valence-corrected chi connectivity index (χ0v) is 27.8. The molecule has 45 heavy (non-hydrogen) atoms. The molecule has 0 aromatic heterocycles. The van der Waals surface area contributed by atoms with Crippen molar-refractivity contribution in [1.82, 2.24) is 20.0 Å². The number of carbonyl (C=O) groups excluding carboxylic acids is 2. The lowest BCUT2D eigenvalue weighted by Crippen LogP contribution is -2.56. The molecule has 2 aliphatic carbocycles. The molecule has 1 aromatic carbocycles. The maximum Gasteiger partial charge on any atom is 0.321 e. The second-order valence-electron chi connectivity index (χ2n) is 12.9. The van der Waals surface area contributed by atoms with Crippen molar-refractivity contribution in [2.24, 2.45) is 5.92 Å². The summed E-state index contributed by atoms with van der Waals surface area (Å²) in [5.41, 5.74) is 1.09. The molecule has 0 radical (unpaired) electrons. The molecular formula is C34H56N4O7. The van der Waals surface area contributed by atoms with E-state index in [1.807, 2.05) is 0 Å². The zero-order chi connectivity index (χ0) is 32.0. The lowest BCUT2D eigenvalue weighted by Gasteiger charge is -2.51. The Hall–Kier alpha value is -2.28. The largest absolute Gasteiger partial charge is 0.382 e. The molecule has 11 heteroatoms. The van der Waals surface area contributed by atoms with Crippen molar-refractivity contribution in [1.29, 1.82) is 0 Å². The second-order valence-corrected chi connectivity index (χ2v) is 12.9. The van der Waals surface area contributed by atoms with Crippen LogP contribution < -0.4 is 5.32 Å². The van der Waals surface area contributed by atoms with Crippen molar-refractivity contribution in [3.8, 4) is 0 Å². The van der Waals surface area contributed by atoms with Gasteiger partial charge in [-0.25, -0.2) is 4.79 Å². The van der Waals surface area contributed by atoms with Crippen molar-refractivity contribution in [3.05, 3.63) is 35.9 Å². The van der Waals surface area contributed by atoms with Crippen LogP contribution >= 0.6 is 0 Å². The number of carbonyl (C=O) groups is 2. The molecule has 1 aliphatic heterocycles. The van der Waals surface area contributed by atoms with E-state index in [1.54, 1.807) is 12.0 Å². The van der Waals surface area contributed by atoms with E-state index < -0.39 is 0 Å². The molecule has 0 bridgehead atoms. The van der Waals surface area contributed by atoms with Crippen molar-refractivity contribution < 1.29 is 33.3 Å². The first-order valence-electron chi connectivity index (χ1n) is 16.8. The fraction of sp³-hybridized carbons (Fsp3) is 0.765. The predicted molar refractivity (Wildman–Crippen MR) is 172 cm³/mol. The van der Waals surface area contributed by atoms with E-state index in [-0.39, 0.29) is 29.6 Å². The molecule has 0 atom stereocenters. The number of nitrogens with one attached hydrogen (secondary N) is 1. The van der Waals surface area contributed by atoms with Crippen LogP contribution in [0.4, 0.5) is 4.79 Å². The average Bonchev–Trinajstić information content (AvgIpc) is 3.26. The number of hydrogen-bond donors (Lipinski definition) is 1. The minimum atomic E-state index is -0.215. The van der Waals surface area contributed by atoms with Gasteiger partial charge in [-0.3, -0.25) is 9.69 Å². The van der Waals surface area contributed by atoms with Gasteiger partial charge in [0, 0.05) is 32.3 Å². The van der Waals surface area contributed by atoms with Gasteiger partial charge < -0.3 is 38.8 Å². The highest BCUT2D eigenvalue weighted by atomic mass is 16.6. The minimum Gasteiger partial charge on any atom is -0.382 e. The van der Waals surface area contributed by atoms with Gasteiger partial charge in [0.1, 0.15) is 6.54 Å². The number of ether oxygens (including phenoxy) is 5. The summed E-state index contributed by atoms with van der Waals surface area (Å²) >= 11 is 0. The molecule has 254 valence electrons. The summed E-state index contributed by atoms with van der Waals surface area (Å²) in [6.07, 6.45) is 7.46. The van der Waals surface area contributed by atoms with Gasteiger partial charge >= 0.3 is 6.03 Å². The summed E-state index contributed by atoms with van der Waals surface area (Å²) in [5, 5.41) is 2.93. The molecule has 4 rings (SSSR count). The average molecular weight is 633 g/mol. The third-order valence-corrected chi connectivity index (χ3v) is 9.85. The van der Waals surface area contributed by atoms with Gasteiger partial charge in [0.2, 0.25) is 5.91 Å². The van der Waals surface area contributed by atoms with Gasteiger partial charge in [0.25, 0.3) is 0 Å². The van der Waals surface area contributed by atoms with Crippen molar-refractivity contribution in [2.45, 2.75) is 56.0 Å². The van der Waals surface area contributed by atoms with Gasteiger partial charge in [0.05, 0.1) is 65.0 Å². The third kappa shape index (κ3) is 9.86. The SMILES string of the molecule is COCCOCCOCCOCCOCCNC(=O)CN1CC2(CCC(c3ccccc3)(N(C)C)CC2)N(CC2CCC2)C1=O. The van der Waals surface area contributed by atoms with E-state index in [4.69, 9.17) is 23.7 Å². The monoisotopic (exact) mass is 632 g/mol. The Balaban J connectivity index is 1.16. The van der Waals surface area contributed by atoms with Crippen molar-refractivity contribution in [2.75, 3.05) is 107 Å². The third-order valence-electron chi connectivity index (χ3n) is 9.85. The van der Waals surface area contributed by atoms with Crippen molar-refractivity contribution in [3.63, 3.8) is 0 Å². The van der Waals surface area contributed by atoms with Gasteiger partial charge in [-0.1, -0.05) is 36.8 Å². The number of urea groups is 1. The number of hydrogen-bond acceptors (Lipinski definition) is 8. The van der Waals surface area contributed by atoms with Crippen LogP contribution in [0.3, 0.4) is 0 Å². The van der Waals surface area contributed by atoms with Gasteiger partial charge in [0.15, 0.2) is 0 Å². The second kappa shape index (κ2) is 18.2. The first-order valence-corrected chi connectivity index (χ1v) is 16.8. The van der Waals surface area contributed by atoms with E-state index in [2.05, 4.69) is 59.5 Å². The zero-order valence-electron chi connectivity index (χ0n) is 27.8. The highest BCUT2D eigenvalue weighted by Crippen LogP contribution is 2.49. The van der Waals surface area contributed by atoms with Gasteiger partial charge in [-0.15, -0.1) is 0 Å². The maximum absolute atomic E-state index is 13.8. The Morgan fingerprint density at radius 3 is 1.98 bits per heavy atom. The van der Waals surface area contributed by atoms with Crippen LogP contribution in [0.2, 0.25) is 0 Å². The fourth-order valence-electron chi connectivity index (χ4n) is 6.91. The van der Waals surface area contributed by atoms with Crippen LogP contribution in [0.15, 0.2) is 30.3 Å². The van der Waals surface area contributed by atoms with Crippen LogP contribution in [0, 0.1) is 5.92 Å². The molecule has 1 spiro atoms. The van der Waals surface area contributed by atoms with Crippen LogP contribution in [0.25, 0.3) is 0 Å². The normalized spacial score (nSPS) is 23.7. The van der Waals surface area contributed by atoms with E-state index in [1.165, 1.54) is 24.8 Å². The summed E-state index contributed by atoms with van der Waals surface area (Å²) in [5.74, 6) is 0.434. The Labute approximate surface area is 269 Å². The smallest absolute Gasteiger partial charge is 0.321 e. The molecular weight excluding hydrogens is 576 g/mol. The van der Waals surface area contributed by atoms with E-state index >= 15 is 0 Å². The summed E-state index contributed by atoms with van der Waals surface area (Å²) < 4.78 is 26.8. The quantitative estimate of drug-likeness (QED) is 0.207. The van der Waals surface area contributed by atoms with Crippen LogP contribution in [0.1, 0.15) is 50.5 Å². The number of rotatable bonds is 21. The topological polar surface area (TPSA) is 102 Å². The minimum absolute atomic E-state index is 0.0186. The lowest BCUT2D eigenvalue weighted by atomic mass is 9.68. The Morgan fingerprint density at radius 2 is 1.44 bits per heavy atom. The summed E-state index contributed by atoms with van der Waals surface area (Å²) in [7, 11) is 5.99. The highest BCUT2D eigenvalue weighted by Gasteiger charge is 2.55. The molecule has 3 aliphatic rings. The molecule has 1 saturated heterocycles. The summed E-state index contributed by atoms with van der Waals surface area (Å²) in [6.45, 7) is 6.40. The van der Waals surface area contributed by atoms with Gasteiger partial charge in [-0.05, 0) is 64.1 Å².